The van der Waals surface area contributed by atoms with E-state index in [4.69, 9.17) is 0 Å². The van der Waals surface area contributed by atoms with Crippen LogP contribution < -0.4 is 5.32 Å². The van der Waals surface area contributed by atoms with Crippen molar-refractivity contribution in [3.05, 3.63) is 52.3 Å². The summed E-state index contributed by atoms with van der Waals surface area (Å²) in [4.78, 5) is 14.3. The Hall–Kier alpha value is -2.32. The molecule has 0 spiro atoms. The predicted molar refractivity (Wildman–Crippen MR) is 98.3 cm³/mol. The molecule has 1 aromatic carbocycles. The number of nitrogens with zero attached hydrogens (tertiary/aromatic N) is 2. The zero-order valence-electron chi connectivity index (χ0n) is 15.6. The van der Waals surface area contributed by atoms with E-state index in [2.05, 4.69) is 15.5 Å². The lowest BCUT2D eigenvalue weighted by molar-refractivity contribution is -0.157. The van der Waals surface area contributed by atoms with Gasteiger partial charge in [0.2, 0.25) is 0 Å². The molecule has 1 aliphatic heterocycles. The smallest absolute Gasteiger partial charge is 0.256 e. The predicted octanol–water partition coefficient (Wildman–Crippen LogP) is 1.82. The number of aromatic nitrogens is 2. The zero-order valence-corrected chi connectivity index (χ0v) is 15.6. The molecule has 8 heteroatoms. The molecule has 0 bridgehead atoms. The molecule has 1 aliphatic carbocycles. The van der Waals surface area contributed by atoms with Crippen LogP contribution in [0.2, 0.25) is 0 Å². The molecule has 4 rings (SSSR count). The largest absolute Gasteiger partial charge is 0.379 e. The van der Waals surface area contributed by atoms with Gasteiger partial charge in [0.15, 0.2) is 17.2 Å². The number of halogens is 2. The highest BCUT2D eigenvalue weighted by molar-refractivity contribution is 5.86. The molecule has 2 heterocycles. The highest BCUT2D eigenvalue weighted by atomic mass is 19.2. The molecular weight excluding hydrogens is 366 g/mol. The summed E-state index contributed by atoms with van der Waals surface area (Å²) in [6, 6.07) is 3.59. The van der Waals surface area contributed by atoms with Crippen LogP contribution in [0.15, 0.2) is 18.2 Å². The fourth-order valence-corrected chi connectivity index (χ4v) is 4.16. The third kappa shape index (κ3) is 3.66. The third-order valence-corrected chi connectivity index (χ3v) is 5.66. The van der Waals surface area contributed by atoms with Gasteiger partial charge in [0, 0.05) is 31.9 Å². The van der Waals surface area contributed by atoms with Gasteiger partial charge >= 0.3 is 0 Å². The Morgan fingerprint density at radius 2 is 2.11 bits per heavy atom. The number of carbonyl (C=O) groups is 1. The number of piperidine rings is 1. The molecule has 3 N–H and O–H groups in total. The van der Waals surface area contributed by atoms with E-state index < -0.39 is 17.2 Å². The Labute approximate surface area is 161 Å². The number of aliphatic hydroxyl groups is 1. The highest BCUT2D eigenvalue weighted by Crippen LogP contribution is 2.25. The van der Waals surface area contributed by atoms with Gasteiger partial charge in [-0.2, -0.15) is 5.10 Å². The first kappa shape index (κ1) is 19.0. The first-order valence-corrected chi connectivity index (χ1v) is 9.68. The van der Waals surface area contributed by atoms with Crippen LogP contribution >= 0.6 is 0 Å². The first-order chi connectivity index (χ1) is 13.5. The van der Waals surface area contributed by atoms with Crippen LogP contribution in [-0.2, 0) is 30.7 Å². The van der Waals surface area contributed by atoms with Crippen molar-refractivity contribution in [3.63, 3.8) is 0 Å². The molecule has 2 aliphatic rings. The molecule has 28 heavy (non-hydrogen) atoms. The lowest BCUT2D eigenvalue weighted by Crippen LogP contribution is -2.57. The summed E-state index contributed by atoms with van der Waals surface area (Å²) in [5, 5.41) is 21.4. The van der Waals surface area contributed by atoms with E-state index in [1.807, 2.05) is 0 Å². The number of amides is 1. The molecule has 0 saturated carbocycles. The number of hydrogen-bond donors (Lipinski definition) is 3. The number of aromatic amines is 1. The number of aryl methyl sites for hydroxylation is 1. The molecule has 1 atom stereocenters. The van der Waals surface area contributed by atoms with Crippen molar-refractivity contribution >= 4 is 5.91 Å². The molecule has 1 fully saturated rings. The van der Waals surface area contributed by atoms with Crippen molar-refractivity contribution in [3.8, 4) is 0 Å². The number of hydrogen-bond acceptors (Lipinski definition) is 4. The Balaban J connectivity index is 1.37. The standard InChI is InChI=1S/C20H24F2N4O2/c21-15-6-5-13(9-16(15)22)11-26-8-2-7-20(28,19(26)27)12-23-10-18-14-3-1-4-17(14)24-25-18/h5-6,9,23,28H,1-4,7-8,10-12H2,(H,24,25). The lowest BCUT2D eigenvalue weighted by atomic mass is 9.91. The van der Waals surface area contributed by atoms with Crippen molar-refractivity contribution < 1.29 is 18.7 Å². The Morgan fingerprint density at radius 3 is 2.93 bits per heavy atom. The number of benzene rings is 1. The van der Waals surface area contributed by atoms with E-state index in [0.717, 1.165) is 37.1 Å². The summed E-state index contributed by atoms with van der Waals surface area (Å²) in [6.45, 7) is 1.24. The zero-order chi connectivity index (χ0) is 19.7. The minimum Gasteiger partial charge on any atom is -0.379 e. The third-order valence-electron chi connectivity index (χ3n) is 5.66. The summed E-state index contributed by atoms with van der Waals surface area (Å²) in [7, 11) is 0. The topological polar surface area (TPSA) is 81.2 Å². The van der Waals surface area contributed by atoms with Gasteiger partial charge in [-0.1, -0.05) is 6.07 Å². The van der Waals surface area contributed by atoms with E-state index in [9.17, 15) is 18.7 Å². The van der Waals surface area contributed by atoms with Crippen molar-refractivity contribution in [2.24, 2.45) is 0 Å². The first-order valence-electron chi connectivity index (χ1n) is 9.68. The van der Waals surface area contributed by atoms with E-state index in [1.165, 1.54) is 22.2 Å². The van der Waals surface area contributed by atoms with Crippen LogP contribution in [0.25, 0.3) is 0 Å². The van der Waals surface area contributed by atoms with Crippen LogP contribution in [-0.4, -0.2) is 44.8 Å². The van der Waals surface area contributed by atoms with Gasteiger partial charge in [-0.05, 0) is 55.4 Å². The maximum absolute atomic E-state index is 13.4. The Bertz CT molecular complexity index is 885. The molecule has 6 nitrogen and oxygen atoms in total. The number of H-pyrrole nitrogens is 1. The Kier molecular flexibility index (Phi) is 5.16. The van der Waals surface area contributed by atoms with Gasteiger partial charge in [-0.15, -0.1) is 0 Å². The van der Waals surface area contributed by atoms with Crippen LogP contribution in [0.3, 0.4) is 0 Å². The number of rotatable bonds is 6. The quantitative estimate of drug-likeness (QED) is 0.703. The molecule has 1 saturated heterocycles. The molecule has 1 unspecified atom stereocenters. The van der Waals surface area contributed by atoms with Crippen LogP contribution in [0, 0.1) is 11.6 Å². The van der Waals surface area contributed by atoms with E-state index in [-0.39, 0.29) is 19.0 Å². The molecule has 0 radical (unpaired) electrons. The van der Waals surface area contributed by atoms with Gasteiger partial charge in [-0.3, -0.25) is 9.89 Å². The van der Waals surface area contributed by atoms with Gasteiger partial charge in [0.1, 0.15) is 0 Å². The van der Waals surface area contributed by atoms with Crippen LogP contribution in [0.4, 0.5) is 8.78 Å². The van der Waals surface area contributed by atoms with Crippen molar-refractivity contribution in [2.75, 3.05) is 13.1 Å². The molecular formula is C20H24F2N4O2. The van der Waals surface area contributed by atoms with Gasteiger partial charge in [-0.25, -0.2) is 8.78 Å². The van der Waals surface area contributed by atoms with Gasteiger partial charge in [0.05, 0.1) is 5.69 Å². The molecule has 1 aromatic heterocycles. The van der Waals surface area contributed by atoms with Gasteiger partial charge in [0.25, 0.3) is 5.91 Å². The van der Waals surface area contributed by atoms with Crippen molar-refractivity contribution in [1.82, 2.24) is 20.4 Å². The number of carbonyl (C=O) groups excluding carboxylic acids is 1. The summed E-state index contributed by atoms with van der Waals surface area (Å²) in [5.74, 6) is -2.24. The van der Waals surface area contributed by atoms with Gasteiger partial charge < -0.3 is 15.3 Å². The maximum atomic E-state index is 13.4. The van der Waals surface area contributed by atoms with Crippen molar-refractivity contribution in [2.45, 2.75) is 50.8 Å². The summed E-state index contributed by atoms with van der Waals surface area (Å²) in [6.07, 6.45) is 4.16. The summed E-state index contributed by atoms with van der Waals surface area (Å²) >= 11 is 0. The molecule has 2 aromatic rings. The molecule has 150 valence electrons. The minimum atomic E-state index is -1.50. The minimum absolute atomic E-state index is 0.127. The van der Waals surface area contributed by atoms with Crippen LogP contribution in [0.1, 0.15) is 41.8 Å². The maximum Gasteiger partial charge on any atom is 0.256 e. The Morgan fingerprint density at radius 1 is 1.25 bits per heavy atom. The second-order valence-electron chi connectivity index (χ2n) is 7.69. The van der Waals surface area contributed by atoms with E-state index >= 15 is 0 Å². The van der Waals surface area contributed by atoms with E-state index in [1.54, 1.807) is 0 Å². The highest BCUT2D eigenvalue weighted by Gasteiger charge is 2.41. The second-order valence-corrected chi connectivity index (χ2v) is 7.69. The number of likely N-dealkylation sites (tertiary alicyclic amines) is 1. The molecule has 1 amide bonds. The monoisotopic (exact) mass is 390 g/mol. The number of fused-ring (bicyclic) bond motifs is 1. The normalized spacial score (nSPS) is 22.0. The fourth-order valence-electron chi connectivity index (χ4n) is 4.16. The SMILES string of the molecule is O=C1N(Cc2ccc(F)c(F)c2)CCCC1(O)CNCc1n[nH]c2c1CCC2. The van der Waals surface area contributed by atoms with Crippen molar-refractivity contribution in [1.29, 1.82) is 0 Å². The number of nitrogens with one attached hydrogen (secondary N) is 2. The average molecular weight is 390 g/mol. The average Bonchev–Trinajstić information content (AvgIpc) is 3.27. The lowest BCUT2D eigenvalue weighted by Gasteiger charge is -2.38. The van der Waals surface area contributed by atoms with Crippen LogP contribution in [0.5, 0.6) is 0 Å². The van der Waals surface area contributed by atoms with E-state index in [0.29, 0.717) is 31.5 Å². The second kappa shape index (κ2) is 7.60. The summed E-state index contributed by atoms with van der Waals surface area (Å²) < 4.78 is 26.5. The fraction of sp³-hybridized carbons (Fsp3) is 0.500. The summed E-state index contributed by atoms with van der Waals surface area (Å²) in [5.41, 5.74) is 2.36.